The van der Waals surface area contributed by atoms with E-state index in [0.29, 0.717) is 25.4 Å². The van der Waals surface area contributed by atoms with Crippen LogP contribution in [0.25, 0.3) is 0 Å². The van der Waals surface area contributed by atoms with Crippen LogP contribution >= 0.6 is 0 Å². The third-order valence-electron chi connectivity index (χ3n) is 1.81. The van der Waals surface area contributed by atoms with Crippen LogP contribution in [0.1, 0.15) is 19.0 Å². The van der Waals surface area contributed by atoms with Crippen molar-refractivity contribution < 1.29 is 9.53 Å². The first-order valence-electron chi connectivity index (χ1n) is 5.12. The zero-order chi connectivity index (χ0) is 12.0. The average Bonchev–Trinajstić information content (AvgIpc) is 2.16. The van der Waals surface area contributed by atoms with Crippen molar-refractivity contribution in [3.8, 4) is 0 Å². The number of carbonyl (C=O) groups excluding carboxylic acids is 1. The Balaban J connectivity index is 2.40. The van der Waals surface area contributed by atoms with Crippen molar-refractivity contribution in [3.63, 3.8) is 0 Å². The number of nitrogens with two attached hydrogens (primary N) is 1. The molecule has 0 saturated heterocycles. The summed E-state index contributed by atoms with van der Waals surface area (Å²) in [6.45, 7) is 4.47. The lowest BCUT2D eigenvalue weighted by molar-refractivity contribution is -0.142. The van der Waals surface area contributed by atoms with Crippen LogP contribution in [0, 0.1) is 6.92 Å². The molecule has 0 atom stereocenters. The zero-order valence-electron chi connectivity index (χ0n) is 9.49. The van der Waals surface area contributed by atoms with Gasteiger partial charge in [-0.2, -0.15) is 4.98 Å². The third-order valence-corrected chi connectivity index (χ3v) is 1.81. The second kappa shape index (κ2) is 5.89. The Hall–Kier alpha value is -1.85. The number of aryl methyl sites for hydroxylation is 1. The van der Waals surface area contributed by atoms with E-state index in [1.54, 1.807) is 13.0 Å². The first-order chi connectivity index (χ1) is 7.61. The van der Waals surface area contributed by atoms with Crippen LogP contribution in [0.5, 0.6) is 0 Å². The number of anilines is 2. The first-order valence-corrected chi connectivity index (χ1v) is 5.12. The quantitative estimate of drug-likeness (QED) is 0.717. The molecule has 88 valence electrons. The molecule has 6 nitrogen and oxygen atoms in total. The number of carbonyl (C=O) groups is 1. The van der Waals surface area contributed by atoms with E-state index >= 15 is 0 Å². The van der Waals surface area contributed by atoms with Gasteiger partial charge in [0.1, 0.15) is 5.82 Å². The number of nitrogen functional groups attached to an aromatic ring is 1. The van der Waals surface area contributed by atoms with Gasteiger partial charge in [0.2, 0.25) is 5.95 Å². The zero-order valence-corrected chi connectivity index (χ0v) is 9.49. The summed E-state index contributed by atoms with van der Waals surface area (Å²) < 4.78 is 4.79. The minimum atomic E-state index is -0.228. The maximum absolute atomic E-state index is 11.0. The Morgan fingerprint density at radius 1 is 1.56 bits per heavy atom. The topological polar surface area (TPSA) is 90.1 Å². The molecule has 0 amide bonds. The van der Waals surface area contributed by atoms with E-state index in [-0.39, 0.29) is 11.9 Å². The van der Waals surface area contributed by atoms with Crippen LogP contribution in [0.2, 0.25) is 0 Å². The summed E-state index contributed by atoms with van der Waals surface area (Å²) in [5, 5.41) is 2.98. The minimum Gasteiger partial charge on any atom is -0.466 e. The fraction of sp³-hybridized carbons (Fsp3) is 0.500. The molecule has 0 spiro atoms. The number of ether oxygens (including phenoxy) is 1. The molecule has 0 bridgehead atoms. The van der Waals surface area contributed by atoms with Gasteiger partial charge >= 0.3 is 5.97 Å². The summed E-state index contributed by atoms with van der Waals surface area (Å²) in [5.41, 5.74) is 6.27. The van der Waals surface area contributed by atoms with Crippen LogP contribution in [0.15, 0.2) is 6.07 Å². The monoisotopic (exact) mass is 224 g/mol. The summed E-state index contributed by atoms with van der Waals surface area (Å²) in [5.74, 6) is 0.613. The molecule has 1 heterocycles. The van der Waals surface area contributed by atoms with E-state index in [0.717, 1.165) is 5.69 Å². The number of esters is 1. The van der Waals surface area contributed by atoms with E-state index in [1.807, 2.05) is 6.92 Å². The van der Waals surface area contributed by atoms with Crippen molar-refractivity contribution in [2.24, 2.45) is 0 Å². The number of hydrogen-bond acceptors (Lipinski definition) is 6. The summed E-state index contributed by atoms with van der Waals surface area (Å²) in [7, 11) is 0. The average molecular weight is 224 g/mol. The van der Waals surface area contributed by atoms with Crippen molar-refractivity contribution in [3.05, 3.63) is 11.8 Å². The SMILES string of the molecule is CCOC(=O)CCNc1cc(C)nc(N)n1. The van der Waals surface area contributed by atoms with Gasteiger partial charge in [0.15, 0.2) is 0 Å². The lowest BCUT2D eigenvalue weighted by Crippen LogP contribution is -2.12. The highest BCUT2D eigenvalue weighted by atomic mass is 16.5. The van der Waals surface area contributed by atoms with Crippen molar-refractivity contribution in [2.45, 2.75) is 20.3 Å². The summed E-state index contributed by atoms with van der Waals surface area (Å²) >= 11 is 0. The maximum Gasteiger partial charge on any atom is 0.307 e. The highest BCUT2D eigenvalue weighted by Crippen LogP contribution is 2.06. The number of hydrogen-bond donors (Lipinski definition) is 2. The Bertz CT molecular complexity index is 348. The van der Waals surface area contributed by atoms with Crippen molar-refractivity contribution >= 4 is 17.7 Å². The summed E-state index contributed by atoms with van der Waals surface area (Å²) in [4.78, 5) is 19.0. The van der Waals surface area contributed by atoms with Gasteiger partial charge in [-0.15, -0.1) is 0 Å². The smallest absolute Gasteiger partial charge is 0.307 e. The third kappa shape index (κ3) is 4.12. The number of nitrogens with zero attached hydrogens (tertiary/aromatic N) is 2. The Labute approximate surface area is 94.2 Å². The number of nitrogens with one attached hydrogen (secondary N) is 1. The van der Waals surface area contributed by atoms with Crippen molar-refractivity contribution in [2.75, 3.05) is 24.2 Å². The van der Waals surface area contributed by atoms with E-state index in [9.17, 15) is 4.79 Å². The molecule has 0 aromatic carbocycles. The largest absolute Gasteiger partial charge is 0.466 e. The molecule has 0 aliphatic rings. The molecule has 3 N–H and O–H groups in total. The standard InChI is InChI=1S/C10H16N4O2/c1-3-16-9(15)4-5-12-8-6-7(2)13-10(11)14-8/h6H,3-5H2,1-2H3,(H3,11,12,13,14). The molecule has 0 radical (unpaired) electrons. The molecule has 6 heteroatoms. The molecular formula is C10H16N4O2. The molecule has 0 aliphatic heterocycles. The van der Waals surface area contributed by atoms with E-state index in [2.05, 4.69) is 15.3 Å². The van der Waals surface area contributed by atoms with Crippen molar-refractivity contribution in [1.29, 1.82) is 0 Å². The molecule has 1 rings (SSSR count). The fourth-order valence-electron chi connectivity index (χ4n) is 1.21. The van der Waals surface area contributed by atoms with Crippen LogP contribution in [-0.4, -0.2) is 29.1 Å². The Kier molecular flexibility index (Phi) is 4.50. The van der Waals surface area contributed by atoms with E-state index < -0.39 is 0 Å². The molecule has 0 aliphatic carbocycles. The molecule has 0 saturated carbocycles. The highest BCUT2D eigenvalue weighted by Gasteiger charge is 2.02. The fourth-order valence-corrected chi connectivity index (χ4v) is 1.21. The van der Waals surface area contributed by atoms with Gasteiger partial charge in [-0.25, -0.2) is 4.98 Å². The second-order valence-electron chi connectivity index (χ2n) is 3.23. The normalized spacial score (nSPS) is 9.88. The van der Waals surface area contributed by atoms with Gasteiger partial charge in [-0.1, -0.05) is 0 Å². The molecule has 16 heavy (non-hydrogen) atoms. The predicted molar refractivity (Wildman–Crippen MR) is 60.9 cm³/mol. The van der Waals surface area contributed by atoms with Gasteiger partial charge < -0.3 is 15.8 Å². The lowest BCUT2D eigenvalue weighted by Gasteiger charge is -2.06. The lowest BCUT2D eigenvalue weighted by atomic mass is 10.4. The summed E-state index contributed by atoms with van der Waals surface area (Å²) in [6.07, 6.45) is 0.302. The Morgan fingerprint density at radius 2 is 2.31 bits per heavy atom. The van der Waals surface area contributed by atoms with Crippen LogP contribution in [-0.2, 0) is 9.53 Å². The van der Waals surface area contributed by atoms with Crippen LogP contribution in [0.4, 0.5) is 11.8 Å². The molecule has 1 aromatic rings. The molecule has 0 fully saturated rings. The van der Waals surface area contributed by atoms with Crippen LogP contribution < -0.4 is 11.1 Å². The van der Waals surface area contributed by atoms with Gasteiger partial charge in [0, 0.05) is 18.3 Å². The van der Waals surface area contributed by atoms with Gasteiger partial charge in [-0.3, -0.25) is 4.79 Å². The maximum atomic E-state index is 11.0. The van der Waals surface area contributed by atoms with E-state index in [4.69, 9.17) is 10.5 Å². The summed E-state index contributed by atoms with van der Waals surface area (Å²) in [6, 6.07) is 1.77. The molecule has 1 aromatic heterocycles. The number of aromatic nitrogens is 2. The van der Waals surface area contributed by atoms with E-state index in [1.165, 1.54) is 0 Å². The van der Waals surface area contributed by atoms with Crippen LogP contribution in [0.3, 0.4) is 0 Å². The van der Waals surface area contributed by atoms with Gasteiger partial charge in [-0.05, 0) is 13.8 Å². The highest BCUT2D eigenvalue weighted by molar-refractivity contribution is 5.69. The number of rotatable bonds is 5. The van der Waals surface area contributed by atoms with Crippen molar-refractivity contribution in [1.82, 2.24) is 9.97 Å². The Morgan fingerprint density at radius 3 is 2.94 bits per heavy atom. The minimum absolute atomic E-state index is 0.221. The molecule has 0 unspecified atom stereocenters. The first kappa shape index (κ1) is 12.2. The second-order valence-corrected chi connectivity index (χ2v) is 3.23. The molecular weight excluding hydrogens is 208 g/mol. The predicted octanol–water partition coefficient (Wildman–Crippen LogP) is 0.732. The van der Waals surface area contributed by atoms with Gasteiger partial charge in [0.05, 0.1) is 13.0 Å². The van der Waals surface area contributed by atoms with Gasteiger partial charge in [0.25, 0.3) is 0 Å².